The molecule has 1 aromatic heterocycles. The van der Waals surface area contributed by atoms with Crippen molar-refractivity contribution in [1.82, 2.24) is 30.2 Å². The van der Waals surface area contributed by atoms with Crippen LogP contribution < -0.4 is 20.4 Å². The molecule has 4 fully saturated rings. The molecule has 9 rings (SSSR count). The average molecular weight is 748 g/mol. The molecule has 6 aliphatic heterocycles. The summed E-state index contributed by atoms with van der Waals surface area (Å²) >= 11 is 0. The molecule has 2 atom stereocenters. The first kappa shape index (κ1) is 35.6. The number of nitrogens with zero attached hydrogens (tertiary/aromatic N) is 7. The normalized spacial score (nSPS) is 24.0. The third kappa shape index (κ3) is 7.01. The van der Waals surface area contributed by atoms with Gasteiger partial charge in [0.05, 0.1) is 28.6 Å². The van der Waals surface area contributed by atoms with Crippen molar-refractivity contribution in [2.45, 2.75) is 57.0 Å². The van der Waals surface area contributed by atoms with Crippen LogP contribution in [-0.2, 0) is 9.59 Å². The molecule has 1 unspecified atom stereocenters. The second-order valence-corrected chi connectivity index (χ2v) is 16.1. The molecule has 0 saturated carbocycles. The van der Waals surface area contributed by atoms with Crippen molar-refractivity contribution in [2.75, 3.05) is 80.6 Å². The first-order valence-electron chi connectivity index (χ1n) is 20.0. The van der Waals surface area contributed by atoms with Gasteiger partial charge >= 0.3 is 0 Å². The smallest absolute Gasteiger partial charge is 0.262 e. The number of rotatable bonds is 8. The Hall–Kier alpha value is -5.08. The monoisotopic (exact) mass is 747 g/mol. The highest BCUT2D eigenvalue weighted by Gasteiger charge is 2.45. The lowest BCUT2D eigenvalue weighted by molar-refractivity contribution is -0.136. The van der Waals surface area contributed by atoms with Crippen molar-refractivity contribution in [3.63, 3.8) is 0 Å². The predicted molar refractivity (Wildman–Crippen MR) is 207 cm³/mol. The van der Waals surface area contributed by atoms with Gasteiger partial charge < -0.3 is 25.1 Å². The Bertz CT molecular complexity index is 1990. The minimum absolute atomic E-state index is 0.109. The molecule has 6 aliphatic rings. The standard InChI is InChI=1S/C41H49N9O5/c51-36-4-2-1-3-31(36)33-22-35-38(45-44-33)42-23-29-25-47(19-20-49(29)35)16-11-26-9-14-46(15-10-26)24-27-12-17-48(18-13-27)28-5-6-30-32(21-28)41(55)50(40(30)54)34-7-8-37(52)43-39(34)53/h1-6,21-22,26-27,29,34,51H,7-20,23-25H2,(H,42,45)(H,43,52,53)/t29-,34?/m0/s1. The molecule has 0 bridgehead atoms. The Balaban J connectivity index is 0.711. The van der Waals surface area contributed by atoms with Crippen LogP contribution in [0.2, 0.25) is 0 Å². The number of aromatic hydroxyl groups is 1. The number of piperazine rings is 1. The van der Waals surface area contributed by atoms with Crippen LogP contribution in [0.15, 0.2) is 48.5 Å². The number of imide groups is 2. The van der Waals surface area contributed by atoms with Crippen LogP contribution in [0.5, 0.6) is 5.75 Å². The van der Waals surface area contributed by atoms with E-state index in [1.165, 1.54) is 19.3 Å². The molecule has 55 heavy (non-hydrogen) atoms. The highest BCUT2D eigenvalue weighted by atomic mass is 16.3. The van der Waals surface area contributed by atoms with E-state index in [-0.39, 0.29) is 24.5 Å². The maximum Gasteiger partial charge on any atom is 0.262 e. The number of phenolic OH excluding ortho intramolecular Hbond substituents is 1. The van der Waals surface area contributed by atoms with E-state index in [4.69, 9.17) is 0 Å². The minimum Gasteiger partial charge on any atom is -0.507 e. The summed E-state index contributed by atoms with van der Waals surface area (Å²) in [5.41, 5.74) is 4.05. The highest BCUT2D eigenvalue weighted by Crippen LogP contribution is 2.37. The summed E-state index contributed by atoms with van der Waals surface area (Å²) in [4.78, 5) is 61.6. The molecular weight excluding hydrogens is 699 g/mol. The molecule has 4 amide bonds. The number of carbonyl (C=O) groups is 4. The number of piperidine rings is 3. The van der Waals surface area contributed by atoms with E-state index in [0.29, 0.717) is 34.3 Å². The molecule has 3 aromatic rings. The first-order chi connectivity index (χ1) is 26.8. The number of carbonyl (C=O) groups excluding carboxylic acids is 4. The molecule has 3 N–H and O–H groups in total. The van der Waals surface area contributed by atoms with Gasteiger partial charge in [-0.1, -0.05) is 12.1 Å². The molecule has 7 heterocycles. The number of hydrogen-bond donors (Lipinski definition) is 3. The van der Waals surface area contributed by atoms with E-state index in [1.54, 1.807) is 18.2 Å². The van der Waals surface area contributed by atoms with Gasteiger partial charge in [-0.2, -0.15) is 0 Å². The lowest BCUT2D eigenvalue weighted by Crippen LogP contribution is -2.58. The fourth-order valence-corrected chi connectivity index (χ4v) is 9.60. The van der Waals surface area contributed by atoms with Gasteiger partial charge in [-0.05, 0) is 106 Å². The maximum atomic E-state index is 13.3. The SMILES string of the molecule is O=C1CCC(N2C(=O)c3ccc(N4CCC(CN5CCC(CCN6CCN7c8cc(-c9ccccc9O)nnc8NC[C@H]7C6)CC5)CC4)cc3C2=O)C(=O)N1. The molecule has 0 aliphatic carbocycles. The van der Waals surface area contributed by atoms with Crippen molar-refractivity contribution in [3.05, 3.63) is 59.7 Å². The molecule has 14 nitrogen and oxygen atoms in total. The zero-order valence-electron chi connectivity index (χ0n) is 31.2. The van der Waals surface area contributed by atoms with E-state index < -0.39 is 23.8 Å². The number of likely N-dealkylation sites (tertiary alicyclic amines) is 1. The molecule has 14 heteroatoms. The summed E-state index contributed by atoms with van der Waals surface area (Å²) < 4.78 is 0. The Kier molecular flexibility index (Phi) is 9.63. The van der Waals surface area contributed by atoms with Crippen LogP contribution in [0, 0.1) is 11.8 Å². The Morgan fingerprint density at radius 3 is 2.35 bits per heavy atom. The Morgan fingerprint density at radius 1 is 0.764 bits per heavy atom. The predicted octanol–water partition coefficient (Wildman–Crippen LogP) is 3.19. The van der Waals surface area contributed by atoms with Gasteiger partial charge in [-0.3, -0.25) is 34.3 Å². The van der Waals surface area contributed by atoms with Crippen LogP contribution in [0.3, 0.4) is 0 Å². The molecule has 0 spiro atoms. The van der Waals surface area contributed by atoms with Gasteiger partial charge in [-0.15, -0.1) is 10.2 Å². The molecule has 0 radical (unpaired) electrons. The number of aromatic nitrogens is 2. The summed E-state index contributed by atoms with van der Waals surface area (Å²) in [6, 6.07) is 14.2. The topological polar surface area (TPSA) is 155 Å². The fourth-order valence-electron chi connectivity index (χ4n) is 9.60. The number of hydrogen-bond acceptors (Lipinski definition) is 12. The zero-order chi connectivity index (χ0) is 37.6. The maximum absolute atomic E-state index is 13.3. The lowest BCUT2D eigenvalue weighted by atomic mass is 9.90. The number of nitrogens with one attached hydrogen (secondary N) is 2. The van der Waals surface area contributed by atoms with E-state index in [1.807, 2.05) is 24.3 Å². The number of para-hydroxylation sites is 1. The largest absolute Gasteiger partial charge is 0.507 e. The third-order valence-electron chi connectivity index (χ3n) is 12.8. The average Bonchev–Trinajstić information content (AvgIpc) is 3.45. The van der Waals surface area contributed by atoms with Gasteiger partial charge in [0.1, 0.15) is 11.8 Å². The highest BCUT2D eigenvalue weighted by molar-refractivity contribution is 6.23. The number of benzene rings is 2. The second-order valence-electron chi connectivity index (χ2n) is 16.1. The molecular formula is C41H49N9O5. The van der Waals surface area contributed by atoms with E-state index in [2.05, 4.69) is 46.5 Å². The van der Waals surface area contributed by atoms with Crippen LogP contribution in [0.1, 0.15) is 65.7 Å². The van der Waals surface area contributed by atoms with Gasteiger partial charge in [0.15, 0.2) is 5.82 Å². The fraction of sp³-hybridized carbons (Fsp3) is 0.512. The molecule has 288 valence electrons. The number of phenols is 1. The molecule has 2 aromatic carbocycles. The van der Waals surface area contributed by atoms with Crippen molar-refractivity contribution in [3.8, 4) is 17.0 Å². The summed E-state index contributed by atoms with van der Waals surface area (Å²) in [6.07, 6.45) is 6.18. The van der Waals surface area contributed by atoms with Gasteiger partial charge in [0.2, 0.25) is 11.8 Å². The van der Waals surface area contributed by atoms with Crippen LogP contribution in [0.25, 0.3) is 11.3 Å². The van der Waals surface area contributed by atoms with Crippen molar-refractivity contribution >= 4 is 40.8 Å². The van der Waals surface area contributed by atoms with Crippen molar-refractivity contribution in [2.24, 2.45) is 11.8 Å². The number of anilines is 3. The summed E-state index contributed by atoms with van der Waals surface area (Å²) in [5.74, 6) is 0.545. The number of amides is 4. The van der Waals surface area contributed by atoms with Crippen molar-refractivity contribution < 1.29 is 24.3 Å². The Morgan fingerprint density at radius 2 is 1.55 bits per heavy atom. The third-order valence-corrected chi connectivity index (χ3v) is 12.8. The van der Waals surface area contributed by atoms with Crippen LogP contribution in [0.4, 0.5) is 17.2 Å². The zero-order valence-corrected chi connectivity index (χ0v) is 31.2. The van der Waals surface area contributed by atoms with Gasteiger partial charge in [0.25, 0.3) is 11.8 Å². The number of fused-ring (bicyclic) bond motifs is 4. The Labute approximate surface area is 320 Å². The van der Waals surface area contributed by atoms with E-state index >= 15 is 0 Å². The summed E-state index contributed by atoms with van der Waals surface area (Å²) in [7, 11) is 0. The summed E-state index contributed by atoms with van der Waals surface area (Å²) in [6.45, 7) is 10.3. The lowest BCUT2D eigenvalue weighted by Gasteiger charge is -2.46. The summed E-state index contributed by atoms with van der Waals surface area (Å²) in [5, 5.41) is 25.0. The van der Waals surface area contributed by atoms with Gasteiger partial charge in [0, 0.05) is 63.5 Å². The van der Waals surface area contributed by atoms with Crippen LogP contribution >= 0.6 is 0 Å². The molecule has 4 saturated heterocycles. The van der Waals surface area contributed by atoms with Gasteiger partial charge in [-0.25, -0.2) is 0 Å². The second kappa shape index (κ2) is 14.9. The first-order valence-corrected chi connectivity index (χ1v) is 20.0. The quantitative estimate of drug-likeness (QED) is 0.290. The van der Waals surface area contributed by atoms with Crippen LogP contribution in [-0.4, -0.2) is 131 Å². The van der Waals surface area contributed by atoms with Crippen molar-refractivity contribution in [1.29, 1.82) is 0 Å². The minimum atomic E-state index is -0.950. The van der Waals surface area contributed by atoms with E-state index in [0.717, 1.165) is 106 Å². The van der Waals surface area contributed by atoms with E-state index in [9.17, 15) is 24.3 Å².